The van der Waals surface area contributed by atoms with Gasteiger partial charge in [-0.3, -0.25) is 0 Å². The highest BCUT2D eigenvalue weighted by molar-refractivity contribution is 7.11. The van der Waals surface area contributed by atoms with E-state index in [1.807, 2.05) is 58.2 Å². The van der Waals surface area contributed by atoms with Gasteiger partial charge in [-0.15, -0.1) is 11.3 Å². The van der Waals surface area contributed by atoms with Crippen molar-refractivity contribution in [2.24, 2.45) is 5.41 Å². The molecule has 0 bridgehead atoms. The first-order valence-corrected chi connectivity index (χ1v) is 12.3. The van der Waals surface area contributed by atoms with E-state index in [-0.39, 0.29) is 17.8 Å². The zero-order valence-corrected chi connectivity index (χ0v) is 21.1. The number of nitriles is 1. The Kier molecular flexibility index (Phi) is 7.12. The fourth-order valence-corrected chi connectivity index (χ4v) is 4.98. The van der Waals surface area contributed by atoms with Crippen LogP contribution in [-0.4, -0.2) is 60.7 Å². The molecule has 2 aliphatic rings. The highest BCUT2D eigenvalue weighted by Crippen LogP contribution is 2.36. The van der Waals surface area contributed by atoms with Crippen LogP contribution in [0.4, 0.5) is 10.5 Å². The Labute approximate surface area is 205 Å². The fourth-order valence-electron chi connectivity index (χ4n) is 4.17. The number of nitrogens with zero attached hydrogens (tertiary/aromatic N) is 4. The number of amides is 1. The number of carbonyl (C=O) groups is 1. The molecule has 2 saturated heterocycles. The third-order valence-electron chi connectivity index (χ3n) is 5.87. The minimum absolute atomic E-state index is 0.139. The lowest BCUT2D eigenvalue weighted by molar-refractivity contribution is -0.254. The number of hydrogen-bond donors (Lipinski definition) is 0. The van der Waals surface area contributed by atoms with Crippen LogP contribution in [-0.2, 0) is 20.8 Å². The summed E-state index contributed by atoms with van der Waals surface area (Å²) < 4.78 is 17.6. The monoisotopic (exact) mass is 484 g/mol. The maximum atomic E-state index is 12.2. The summed E-state index contributed by atoms with van der Waals surface area (Å²) in [4.78, 5) is 21.8. The summed E-state index contributed by atoms with van der Waals surface area (Å²) in [6, 6.07) is 9.80. The summed E-state index contributed by atoms with van der Waals surface area (Å²) in [6.07, 6.45) is 2.06. The van der Waals surface area contributed by atoms with Gasteiger partial charge in [-0.1, -0.05) is 0 Å². The van der Waals surface area contributed by atoms with Crippen LogP contribution < -0.4 is 4.90 Å². The number of thiazole rings is 1. The largest absolute Gasteiger partial charge is 0.444 e. The van der Waals surface area contributed by atoms with E-state index < -0.39 is 5.60 Å². The molecule has 1 aromatic carbocycles. The Hall–Kier alpha value is -2.67. The number of benzene rings is 1. The molecule has 0 aliphatic carbocycles. The molecule has 0 N–H and O–H groups in total. The van der Waals surface area contributed by atoms with Gasteiger partial charge >= 0.3 is 6.09 Å². The molecule has 1 spiro atoms. The lowest BCUT2D eigenvalue weighted by Gasteiger charge is -2.52. The van der Waals surface area contributed by atoms with Gasteiger partial charge in [0.15, 0.2) is 6.29 Å². The summed E-state index contributed by atoms with van der Waals surface area (Å²) in [5.41, 5.74) is 1.05. The number of ether oxygens (including phenoxy) is 3. The number of rotatable bonds is 6. The highest BCUT2D eigenvalue weighted by Gasteiger charge is 2.49. The number of aryl methyl sites for hydroxylation is 1. The van der Waals surface area contributed by atoms with E-state index in [0.717, 1.165) is 23.8 Å². The molecule has 1 aromatic heterocycles. The van der Waals surface area contributed by atoms with Crippen molar-refractivity contribution in [3.8, 4) is 6.07 Å². The van der Waals surface area contributed by atoms with E-state index in [0.29, 0.717) is 38.3 Å². The Morgan fingerprint density at radius 1 is 1.29 bits per heavy atom. The van der Waals surface area contributed by atoms with Crippen molar-refractivity contribution in [3.05, 3.63) is 45.9 Å². The van der Waals surface area contributed by atoms with Crippen LogP contribution in [0.25, 0.3) is 0 Å². The predicted octanol–water partition coefficient (Wildman–Crippen LogP) is 4.33. The maximum absolute atomic E-state index is 12.2. The SMILES string of the molecule is Cc1ncc(CN(CCC2OCC3(CO2)CN(C(=O)OC(C)(C)C)C3)c2ccc(C#N)cc2)s1. The second-order valence-corrected chi connectivity index (χ2v) is 11.4. The Morgan fingerprint density at radius 3 is 2.53 bits per heavy atom. The molecule has 8 nitrogen and oxygen atoms in total. The molecule has 182 valence electrons. The van der Waals surface area contributed by atoms with Crippen LogP contribution in [0.15, 0.2) is 30.5 Å². The Bertz CT molecular complexity index is 1020. The van der Waals surface area contributed by atoms with Crippen LogP contribution in [0.2, 0.25) is 0 Å². The van der Waals surface area contributed by atoms with Crippen LogP contribution in [0.3, 0.4) is 0 Å². The van der Waals surface area contributed by atoms with Gasteiger partial charge in [-0.2, -0.15) is 5.26 Å². The van der Waals surface area contributed by atoms with Crippen molar-refractivity contribution in [2.45, 2.75) is 52.6 Å². The van der Waals surface area contributed by atoms with E-state index >= 15 is 0 Å². The molecule has 2 aromatic rings. The Balaban J connectivity index is 1.29. The summed E-state index contributed by atoms with van der Waals surface area (Å²) in [7, 11) is 0. The molecule has 2 fully saturated rings. The molecule has 0 saturated carbocycles. The molecule has 0 atom stereocenters. The van der Waals surface area contributed by atoms with Gasteiger partial charge in [0.2, 0.25) is 0 Å². The van der Waals surface area contributed by atoms with Gasteiger partial charge in [-0.25, -0.2) is 9.78 Å². The standard InChI is InChI=1S/C25H32N4O4S/c1-18-27-12-21(34-18)13-28(20-7-5-19(11-26)6-8-20)10-9-22-31-16-25(17-32-22)14-29(15-25)23(30)33-24(2,3)4/h5-8,12,22H,9-10,13-17H2,1-4H3. The first kappa shape index (κ1) is 24.5. The van der Waals surface area contributed by atoms with Crippen molar-refractivity contribution in [3.63, 3.8) is 0 Å². The van der Waals surface area contributed by atoms with Crippen molar-refractivity contribution >= 4 is 23.1 Å². The Morgan fingerprint density at radius 2 is 1.97 bits per heavy atom. The van der Waals surface area contributed by atoms with Gasteiger partial charge in [-0.05, 0) is 52.0 Å². The summed E-state index contributed by atoms with van der Waals surface area (Å²) in [6.45, 7) is 11.4. The molecule has 4 rings (SSSR count). The normalized spacial score (nSPS) is 17.8. The second-order valence-electron chi connectivity index (χ2n) is 10.1. The molecule has 2 aliphatic heterocycles. The number of anilines is 1. The molecule has 1 amide bonds. The van der Waals surface area contributed by atoms with Crippen LogP contribution in [0.1, 0.15) is 42.6 Å². The third-order valence-corrected chi connectivity index (χ3v) is 6.76. The first-order chi connectivity index (χ1) is 16.1. The molecule has 34 heavy (non-hydrogen) atoms. The zero-order chi connectivity index (χ0) is 24.3. The molecular formula is C25H32N4O4S. The van der Waals surface area contributed by atoms with Crippen molar-refractivity contribution < 1.29 is 19.0 Å². The van der Waals surface area contributed by atoms with Crippen molar-refractivity contribution in [1.29, 1.82) is 5.26 Å². The smallest absolute Gasteiger partial charge is 0.410 e. The van der Waals surface area contributed by atoms with Crippen LogP contribution in [0, 0.1) is 23.7 Å². The zero-order valence-electron chi connectivity index (χ0n) is 20.2. The molecule has 3 heterocycles. The topological polar surface area (TPSA) is 87.9 Å². The molecule has 0 unspecified atom stereocenters. The lowest BCUT2D eigenvalue weighted by Crippen LogP contribution is -2.65. The number of hydrogen-bond acceptors (Lipinski definition) is 8. The van der Waals surface area contributed by atoms with Crippen molar-refractivity contribution in [1.82, 2.24) is 9.88 Å². The maximum Gasteiger partial charge on any atom is 0.410 e. The van der Waals surface area contributed by atoms with Crippen LogP contribution in [0.5, 0.6) is 0 Å². The molecule has 0 radical (unpaired) electrons. The van der Waals surface area contributed by atoms with E-state index in [2.05, 4.69) is 16.0 Å². The minimum atomic E-state index is -0.497. The lowest BCUT2D eigenvalue weighted by atomic mass is 9.81. The van der Waals surface area contributed by atoms with Crippen LogP contribution >= 0.6 is 11.3 Å². The average molecular weight is 485 g/mol. The summed E-state index contributed by atoms with van der Waals surface area (Å²) in [5, 5.41) is 10.2. The highest BCUT2D eigenvalue weighted by atomic mass is 32.1. The van der Waals surface area contributed by atoms with E-state index in [9.17, 15) is 4.79 Å². The van der Waals surface area contributed by atoms with E-state index in [1.165, 1.54) is 4.88 Å². The molecule has 9 heteroatoms. The summed E-state index contributed by atoms with van der Waals surface area (Å²) in [5.74, 6) is 0. The van der Waals surface area contributed by atoms with Crippen molar-refractivity contribution in [2.75, 3.05) is 37.7 Å². The predicted molar refractivity (Wildman–Crippen MR) is 130 cm³/mol. The average Bonchev–Trinajstić information content (AvgIpc) is 3.19. The molecular weight excluding hydrogens is 452 g/mol. The van der Waals surface area contributed by atoms with Gasteiger partial charge in [0, 0.05) is 42.8 Å². The van der Waals surface area contributed by atoms with Gasteiger partial charge in [0.25, 0.3) is 0 Å². The minimum Gasteiger partial charge on any atom is -0.444 e. The second kappa shape index (κ2) is 9.90. The quantitative estimate of drug-likeness (QED) is 0.603. The number of carbonyl (C=O) groups excluding carboxylic acids is 1. The van der Waals surface area contributed by atoms with Gasteiger partial charge < -0.3 is 24.0 Å². The van der Waals surface area contributed by atoms with E-state index in [1.54, 1.807) is 16.2 Å². The first-order valence-electron chi connectivity index (χ1n) is 11.5. The third kappa shape index (κ3) is 6.06. The van der Waals surface area contributed by atoms with Gasteiger partial charge in [0.05, 0.1) is 41.8 Å². The van der Waals surface area contributed by atoms with Gasteiger partial charge in [0.1, 0.15) is 5.60 Å². The van der Waals surface area contributed by atoms with E-state index in [4.69, 9.17) is 19.5 Å². The number of aromatic nitrogens is 1. The fraction of sp³-hybridized carbons (Fsp3) is 0.560. The summed E-state index contributed by atoms with van der Waals surface area (Å²) >= 11 is 1.69. The number of likely N-dealkylation sites (tertiary alicyclic amines) is 1.